The van der Waals surface area contributed by atoms with Crippen LogP contribution in [0.2, 0.25) is 0 Å². The molecule has 0 saturated heterocycles. The van der Waals surface area contributed by atoms with Crippen LogP contribution in [0.5, 0.6) is 0 Å². The van der Waals surface area contributed by atoms with Crippen molar-refractivity contribution >= 4 is 0 Å². The van der Waals surface area contributed by atoms with Crippen LogP contribution >= 0.6 is 0 Å². The van der Waals surface area contributed by atoms with Crippen molar-refractivity contribution in [3.05, 3.63) is 53.9 Å². The van der Waals surface area contributed by atoms with Crippen molar-refractivity contribution < 1.29 is 4.74 Å². The number of nitrogens with zero attached hydrogens (tertiary/aromatic N) is 2. The Morgan fingerprint density at radius 2 is 2.00 bits per heavy atom. The molecule has 1 N–H and O–H groups in total. The second-order valence-corrected chi connectivity index (χ2v) is 4.55. The van der Waals surface area contributed by atoms with E-state index in [4.69, 9.17) is 4.74 Å². The SMILES string of the molecule is COCc1ccc(CNCCCn2cccn2)cc1. The van der Waals surface area contributed by atoms with Gasteiger partial charge in [-0.1, -0.05) is 24.3 Å². The molecule has 4 nitrogen and oxygen atoms in total. The highest BCUT2D eigenvalue weighted by atomic mass is 16.5. The highest BCUT2D eigenvalue weighted by molar-refractivity contribution is 5.21. The van der Waals surface area contributed by atoms with E-state index in [-0.39, 0.29) is 0 Å². The first-order valence-electron chi connectivity index (χ1n) is 6.63. The molecule has 0 aliphatic rings. The van der Waals surface area contributed by atoms with E-state index < -0.39 is 0 Å². The number of methoxy groups -OCH3 is 1. The van der Waals surface area contributed by atoms with E-state index >= 15 is 0 Å². The number of nitrogens with one attached hydrogen (secondary N) is 1. The highest BCUT2D eigenvalue weighted by Crippen LogP contribution is 2.05. The van der Waals surface area contributed by atoms with E-state index in [1.165, 1.54) is 11.1 Å². The van der Waals surface area contributed by atoms with Crippen molar-refractivity contribution in [2.24, 2.45) is 0 Å². The smallest absolute Gasteiger partial charge is 0.0713 e. The molecule has 0 bridgehead atoms. The molecule has 0 radical (unpaired) electrons. The van der Waals surface area contributed by atoms with E-state index in [1.54, 1.807) is 7.11 Å². The Hall–Kier alpha value is -1.65. The first-order chi connectivity index (χ1) is 9.38. The molecule has 0 amide bonds. The first-order valence-corrected chi connectivity index (χ1v) is 6.63. The van der Waals surface area contributed by atoms with Crippen LogP contribution in [0.15, 0.2) is 42.7 Å². The van der Waals surface area contributed by atoms with Gasteiger partial charge in [0.2, 0.25) is 0 Å². The molecule has 2 aromatic rings. The van der Waals surface area contributed by atoms with Gasteiger partial charge >= 0.3 is 0 Å². The van der Waals surface area contributed by atoms with Crippen LogP contribution < -0.4 is 5.32 Å². The lowest BCUT2D eigenvalue weighted by molar-refractivity contribution is 0.185. The molecule has 0 saturated carbocycles. The zero-order valence-corrected chi connectivity index (χ0v) is 11.4. The lowest BCUT2D eigenvalue weighted by Gasteiger charge is -2.06. The summed E-state index contributed by atoms with van der Waals surface area (Å²) in [4.78, 5) is 0. The molecule has 0 atom stereocenters. The second kappa shape index (κ2) is 7.71. The fourth-order valence-electron chi connectivity index (χ4n) is 1.95. The molecule has 2 rings (SSSR count). The van der Waals surface area contributed by atoms with Crippen molar-refractivity contribution in [3.8, 4) is 0 Å². The van der Waals surface area contributed by atoms with Gasteiger partial charge < -0.3 is 10.1 Å². The third kappa shape index (κ3) is 4.85. The average Bonchev–Trinajstić information content (AvgIpc) is 2.94. The molecule has 0 unspecified atom stereocenters. The minimum absolute atomic E-state index is 0.678. The topological polar surface area (TPSA) is 39.1 Å². The van der Waals surface area contributed by atoms with Crippen LogP contribution in [-0.2, 0) is 24.4 Å². The molecule has 0 aliphatic heterocycles. The Balaban J connectivity index is 1.62. The van der Waals surface area contributed by atoms with Gasteiger partial charge in [-0.2, -0.15) is 5.10 Å². The van der Waals surface area contributed by atoms with Crippen LogP contribution in [0.4, 0.5) is 0 Å². The lowest BCUT2D eigenvalue weighted by Crippen LogP contribution is -2.16. The zero-order chi connectivity index (χ0) is 13.3. The Kier molecular flexibility index (Phi) is 5.59. The molecule has 0 spiro atoms. The Morgan fingerprint density at radius 3 is 2.68 bits per heavy atom. The monoisotopic (exact) mass is 259 g/mol. The summed E-state index contributed by atoms with van der Waals surface area (Å²) in [6.45, 7) is 3.55. The summed E-state index contributed by atoms with van der Waals surface area (Å²) in [5, 5.41) is 7.62. The third-order valence-electron chi connectivity index (χ3n) is 2.96. The summed E-state index contributed by atoms with van der Waals surface area (Å²) in [7, 11) is 1.72. The van der Waals surface area contributed by atoms with Gasteiger partial charge in [0, 0.05) is 32.6 Å². The van der Waals surface area contributed by atoms with Gasteiger partial charge in [-0.3, -0.25) is 4.68 Å². The fourth-order valence-corrected chi connectivity index (χ4v) is 1.95. The van der Waals surface area contributed by atoms with Crippen LogP contribution in [-0.4, -0.2) is 23.4 Å². The minimum atomic E-state index is 0.678. The minimum Gasteiger partial charge on any atom is -0.380 e. The molecular weight excluding hydrogens is 238 g/mol. The van der Waals surface area contributed by atoms with Crippen LogP contribution in [0.1, 0.15) is 17.5 Å². The first kappa shape index (κ1) is 13.8. The number of ether oxygens (including phenoxy) is 1. The molecule has 19 heavy (non-hydrogen) atoms. The molecule has 1 heterocycles. The quantitative estimate of drug-likeness (QED) is 0.739. The van der Waals surface area contributed by atoms with Crippen LogP contribution in [0, 0.1) is 0 Å². The number of hydrogen-bond donors (Lipinski definition) is 1. The summed E-state index contributed by atoms with van der Waals surface area (Å²) in [5.41, 5.74) is 2.52. The standard InChI is InChI=1S/C15H21N3O/c1-19-13-15-6-4-14(5-7-15)12-16-8-2-10-18-11-3-9-17-18/h3-7,9,11,16H,2,8,10,12-13H2,1H3. The van der Waals surface area contributed by atoms with Gasteiger partial charge in [-0.15, -0.1) is 0 Å². The van der Waals surface area contributed by atoms with Gasteiger partial charge in [0.25, 0.3) is 0 Å². The van der Waals surface area contributed by atoms with Crippen molar-refractivity contribution in [2.45, 2.75) is 26.1 Å². The summed E-state index contributed by atoms with van der Waals surface area (Å²) < 4.78 is 7.05. The van der Waals surface area contributed by atoms with E-state index in [0.29, 0.717) is 6.61 Å². The molecule has 102 valence electrons. The number of benzene rings is 1. The molecule has 1 aromatic carbocycles. The maximum absolute atomic E-state index is 5.09. The largest absolute Gasteiger partial charge is 0.380 e. The molecule has 1 aromatic heterocycles. The predicted molar refractivity (Wildman–Crippen MR) is 75.7 cm³/mol. The van der Waals surface area contributed by atoms with Crippen molar-refractivity contribution in [1.29, 1.82) is 0 Å². The van der Waals surface area contributed by atoms with Crippen molar-refractivity contribution in [3.63, 3.8) is 0 Å². The number of hydrogen-bond acceptors (Lipinski definition) is 3. The highest BCUT2D eigenvalue weighted by Gasteiger charge is 1.95. The predicted octanol–water partition coefficient (Wildman–Crippen LogP) is 2.21. The summed E-state index contributed by atoms with van der Waals surface area (Å²) in [6.07, 6.45) is 4.90. The van der Waals surface area contributed by atoms with Gasteiger partial charge in [-0.05, 0) is 30.2 Å². The molecule has 0 fully saturated rings. The molecule has 0 aliphatic carbocycles. The molecule has 4 heteroatoms. The third-order valence-corrected chi connectivity index (χ3v) is 2.96. The van der Waals surface area contributed by atoms with E-state index in [0.717, 1.165) is 26.1 Å². The number of aryl methyl sites for hydroxylation is 1. The maximum atomic E-state index is 5.09. The maximum Gasteiger partial charge on any atom is 0.0713 e. The summed E-state index contributed by atoms with van der Waals surface area (Å²) in [5.74, 6) is 0. The van der Waals surface area contributed by atoms with E-state index in [9.17, 15) is 0 Å². The Labute approximate surface area is 114 Å². The van der Waals surface area contributed by atoms with Gasteiger partial charge in [-0.25, -0.2) is 0 Å². The van der Waals surface area contributed by atoms with Gasteiger partial charge in [0.15, 0.2) is 0 Å². The van der Waals surface area contributed by atoms with Crippen LogP contribution in [0.25, 0.3) is 0 Å². The average molecular weight is 259 g/mol. The zero-order valence-electron chi connectivity index (χ0n) is 11.4. The van der Waals surface area contributed by atoms with E-state index in [2.05, 4.69) is 34.7 Å². The van der Waals surface area contributed by atoms with Crippen molar-refractivity contribution in [1.82, 2.24) is 15.1 Å². The van der Waals surface area contributed by atoms with Gasteiger partial charge in [0.1, 0.15) is 0 Å². The number of rotatable bonds is 8. The number of aromatic nitrogens is 2. The van der Waals surface area contributed by atoms with Crippen LogP contribution in [0.3, 0.4) is 0 Å². The Bertz CT molecular complexity index is 451. The van der Waals surface area contributed by atoms with Gasteiger partial charge in [0.05, 0.1) is 6.61 Å². The fraction of sp³-hybridized carbons (Fsp3) is 0.400. The van der Waals surface area contributed by atoms with Crippen molar-refractivity contribution in [2.75, 3.05) is 13.7 Å². The molecular formula is C15H21N3O. The second-order valence-electron chi connectivity index (χ2n) is 4.55. The summed E-state index contributed by atoms with van der Waals surface area (Å²) in [6, 6.07) is 10.5. The lowest BCUT2D eigenvalue weighted by atomic mass is 10.1. The normalized spacial score (nSPS) is 10.8. The van der Waals surface area contributed by atoms with E-state index in [1.807, 2.05) is 23.1 Å². The summed E-state index contributed by atoms with van der Waals surface area (Å²) >= 11 is 0. The Morgan fingerprint density at radius 1 is 1.21 bits per heavy atom.